The molecule has 1 saturated carbocycles. The highest BCUT2D eigenvalue weighted by molar-refractivity contribution is 6.32. The first-order chi connectivity index (χ1) is 12.4. The normalized spacial score (nSPS) is 23.1. The van der Waals surface area contributed by atoms with Gasteiger partial charge in [0, 0.05) is 23.6 Å². The van der Waals surface area contributed by atoms with Crippen LogP contribution in [0.3, 0.4) is 0 Å². The first-order valence-electron chi connectivity index (χ1n) is 7.99. The van der Waals surface area contributed by atoms with Crippen LogP contribution in [0.4, 0.5) is 5.69 Å². The number of aliphatic imine (C=N–C) groups is 1. The molecule has 0 N–H and O–H groups in total. The van der Waals surface area contributed by atoms with Crippen molar-refractivity contribution in [2.45, 2.75) is 19.3 Å². The van der Waals surface area contributed by atoms with E-state index in [1.165, 1.54) is 24.3 Å². The molecule has 0 amide bonds. The van der Waals surface area contributed by atoms with Gasteiger partial charge in [0.2, 0.25) is 5.90 Å². The largest absolute Gasteiger partial charge is 0.461 e. The first-order valence-corrected chi connectivity index (χ1v) is 8.37. The average molecular weight is 373 g/mol. The summed E-state index contributed by atoms with van der Waals surface area (Å²) in [7, 11) is 0. The van der Waals surface area contributed by atoms with Gasteiger partial charge in [-0.15, -0.1) is 0 Å². The maximum atomic E-state index is 12.0. The zero-order valence-electron chi connectivity index (χ0n) is 13.6. The summed E-state index contributed by atoms with van der Waals surface area (Å²) in [4.78, 5) is 26.6. The first kappa shape index (κ1) is 16.5. The van der Waals surface area contributed by atoms with Gasteiger partial charge in [-0.1, -0.05) is 18.5 Å². The van der Waals surface area contributed by atoms with Gasteiger partial charge in [0.15, 0.2) is 5.70 Å². The van der Waals surface area contributed by atoms with E-state index in [1.807, 2.05) is 6.07 Å². The number of carbonyl (C=O) groups is 1. The molecule has 8 heteroatoms. The van der Waals surface area contributed by atoms with E-state index < -0.39 is 10.9 Å². The minimum atomic E-state index is -0.643. The molecule has 1 fully saturated rings. The number of halogens is 1. The van der Waals surface area contributed by atoms with Crippen LogP contribution in [0.5, 0.6) is 0 Å². The molecule has 26 heavy (non-hydrogen) atoms. The number of nitro groups is 1. The Kier molecular flexibility index (Phi) is 3.88. The number of cyclic esters (lactones) is 1. The van der Waals surface area contributed by atoms with Crippen molar-refractivity contribution in [1.82, 2.24) is 0 Å². The van der Waals surface area contributed by atoms with Crippen LogP contribution in [-0.2, 0) is 9.53 Å². The van der Waals surface area contributed by atoms with Crippen LogP contribution in [0, 0.1) is 16.0 Å². The fourth-order valence-corrected chi connectivity index (χ4v) is 3.00. The Hall–Kier alpha value is -2.93. The molecule has 4 rings (SSSR count). The number of rotatable bonds is 4. The van der Waals surface area contributed by atoms with Crippen LogP contribution >= 0.6 is 11.6 Å². The molecule has 0 unspecified atom stereocenters. The lowest BCUT2D eigenvalue weighted by Gasteiger charge is -2.00. The van der Waals surface area contributed by atoms with Gasteiger partial charge in [0.25, 0.3) is 5.69 Å². The second-order valence-corrected chi connectivity index (χ2v) is 6.73. The maximum absolute atomic E-state index is 12.0. The smallest absolute Gasteiger partial charge is 0.363 e. The van der Waals surface area contributed by atoms with Gasteiger partial charge in [-0.3, -0.25) is 10.1 Å². The molecule has 2 aromatic rings. The Balaban J connectivity index is 1.62. The van der Waals surface area contributed by atoms with Gasteiger partial charge in [0.05, 0.1) is 4.92 Å². The molecule has 7 nitrogen and oxygen atoms in total. The van der Waals surface area contributed by atoms with Gasteiger partial charge >= 0.3 is 5.97 Å². The number of carbonyl (C=O) groups excluding carboxylic acids is 1. The van der Waals surface area contributed by atoms with E-state index in [0.717, 1.165) is 12.2 Å². The van der Waals surface area contributed by atoms with Crippen molar-refractivity contribution >= 4 is 35.2 Å². The van der Waals surface area contributed by atoms with Gasteiger partial charge in [-0.05, 0) is 36.6 Å². The van der Waals surface area contributed by atoms with Crippen LogP contribution in [0.25, 0.3) is 6.08 Å². The van der Waals surface area contributed by atoms with Crippen LogP contribution < -0.4 is 0 Å². The Morgan fingerprint density at radius 1 is 1.35 bits per heavy atom. The predicted octanol–water partition coefficient (Wildman–Crippen LogP) is 4.31. The summed E-state index contributed by atoms with van der Waals surface area (Å²) >= 11 is 5.79. The Labute approximate surface area is 153 Å². The molecule has 0 spiro atoms. The van der Waals surface area contributed by atoms with E-state index in [1.54, 1.807) is 6.07 Å². The predicted molar refractivity (Wildman–Crippen MR) is 93.9 cm³/mol. The maximum Gasteiger partial charge on any atom is 0.363 e. The van der Waals surface area contributed by atoms with E-state index in [-0.39, 0.29) is 22.3 Å². The van der Waals surface area contributed by atoms with Crippen LogP contribution in [0.1, 0.15) is 36.3 Å². The minimum Gasteiger partial charge on any atom is -0.461 e. The summed E-state index contributed by atoms with van der Waals surface area (Å²) in [5.41, 5.74) is 0.0849. The van der Waals surface area contributed by atoms with Crippen molar-refractivity contribution in [2.24, 2.45) is 10.9 Å². The molecule has 132 valence electrons. The summed E-state index contributed by atoms with van der Waals surface area (Å²) in [5.74, 6) is 1.81. The quantitative estimate of drug-likeness (QED) is 0.345. The zero-order chi connectivity index (χ0) is 18.4. The molecule has 0 saturated heterocycles. The Bertz CT molecular complexity index is 991. The Morgan fingerprint density at radius 3 is 2.81 bits per heavy atom. The van der Waals surface area contributed by atoms with Crippen molar-refractivity contribution in [1.29, 1.82) is 0 Å². The number of benzene rings is 1. The molecule has 0 radical (unpaired) electrons. The Morgan fingerprint density at radius 2 is 2.12 bits per heavy atom. The van der Waals surface area contributed by atoms with Crippen LogP contribution in [0.15, 0.2) is 45.4 Å². The van der Waals surface area contributed by atoms with Crippen molar-refractivity contribution in [2.75, 3.05) is 0 Å². The van der Waals surface area contributed by atoms with Crippen molar-refractivity contribution < 1.29 is 18.9 Å². The molecular weight excluding hydrogens is 360 g/mol. The monoisotopic (exact) mass is 372 g/mol. The molecular formula is C18H13ClN2O5. The molecule has 0 bridgehead atoms. The highest BCUT2D eigenvalue weighted by Gasteiger charge is 2.36. The fraction of sp³-hybridized carbons (Fsp3) is 0.222. The zero-order valence-corrected chi connectivity index (χ0v) is 14.4. The third-order valence-electron chi connectivity index (χ3n) is 4.41. The third-order valence-corrected chi connectivity index (χ3v) is 4.73. The number of esters is 1. The van der Waals surface area contributed by atoms with Crippen molar-refractivity contribution in [3.8, 4) is 0 Å². The van der Waals surface area contributed by atoms with Crippen LogP contribution in [0.2, 0.25) is 5.02 Å². The molecule has 2 heterocycles. The van der Waals surface area contributed by atoms with E-state index in [4.69, 9.17) is 20.8 Å². The number of hydrogen-bond acceptors (Lipinski definition) is 6. The number of ether oxygens (including phenoxy) is 1. The average Bonchev–Trinajstić information content (AvgIpc) is 3.00. The SMILES string of the molecule is C[C@@H]1C[C@H]1c1ccc(/C=C2\N=C(c3ccc(Cl)c([N+](=O)[O-])c3)OC2=O)o1. The summed E-state index contributed by atoms with van der Waals surface area (Å²) in [6, 6.07) is 7.76. The summed E-state index contributed by atoms with van der Waals surface area (Å²) in [6.45, 7) is 2.15. The number of nitro benzene ring substituents is 1. The summed E-state index contributed by atoms with van der Waals surface area (Å²) in [6.07, 6.45) is 2.60. The lowest BCUT2D eigenvalue weighted by atomic mass is 10.2. The standard InChI is InChI=1S/C18H13ClN2O5/c1-9-6-12(9)16-5-3-11(25-16)8-14-18(22)26-17(20-14)10-2-4-13(19)15(7-10)21(23)24/h2-5,7-9,12H,6H2,1H3/b14-8-/t9-,12-/m1/s1. The van der Waals surface area contributed by atoms with Crippen molar-refractivity contribution in [3.05, 3.63) is 68.2 Å². The molecule has 2 aliphatic rings. The van der Waals surface area contributed by atoms with E-state index in [2.05, 4.69) is 11.9 Å². The summed E-state index contributed by atoms with van der Waals surface area (Å²) < 4.78 is 10.9. The van der Waals surface area contributed by atoms with Gasteiger partial charge < -0.3 is 9.15 Å². The van der Waals surface area contributed by atoms with Gasteiger partial charge in [-0.2, -0.15) is 0 Å². The highest BCUT2D eigenvalue weighted by Crippen LogP contribution is 2.47. The topological polar surface area (TPSA) is 94.9 Å². The molecule has 1 aromatic carbocycles. The minimum absolute atomic E-state index is 0.00291. The second-order valence-electron chi connectivity index (χ2n) is 6.32. The number of furan rings is 1. The molecule has 1 aliphatic carbocycles. The van der Waals surface area contributed by atoms with Gasteiger partial charge in [-0.25, -0.2) is 9.79 Å². The van der Waals surface area contributed by atoms with Crippen molar-refractivity contribution in [3.63, 3.8) is 0 Å². The molecule has 1 aromatic heterocycles. The third kappa shape index (κ3) is 3.01. The highest BCUT2D eigenvalue weighted by atomic mass is 35.5. The number of hydrogen-bond donors (Lipinski definition) is 0. The summed E-state index contributed by atoms with van der Waals surface area (Å²) in [5, 5.41) is 11.0. The lowest BCUT2D eigenvalue weighted by Crippen LogP contribution is -2.06. The molecule has 2 atom stereocenters. The van der Waals surface area contributed by atoms with Gasteiger partial charge in [0.1, 0.15) is 16.5 Å². The number of nitrogens with zero attached hydrogens (tertiary/aromatic N) is 2. The molecule has 1 aliphatic heterocycles. The fourth-order valence-electron chi connectivity index (χ4n) is 2.82. The van der Waals surface area contributed by atoms with E-state index >= 15 is 0 Å². The lowest BCUT2D eigenvalue weighted by molar-refractivity contribution is -0.384. The van der Waals surface area contributed by atoms with E-state index in [9.17, 15) is 14.9 Å². The second kappa shape index (κ2) is 6.10. The van der Waals surface area contributed by atoms with E-state index in [0.29, 0.717) is 23.2 Å². The van der Waals surface area contributed by atoms with Crippen LogP contribution in [-0.4, -0.2) is 16.8 Å².